The number of aliphatic hydroxyl groups excluding tert-OH is 2. The fourth-order valence-corrected chi connectivity index (χ4v) is 1.72. The van der Waals surface area contributed by atoms with Crippen molar-refractivity contribution in [2.75, 3.05) is 0 Å². The molecule has 0 spiro atoms. The van der Waals surface area contributed by atoms with E-state index in [9.17, 15) is 10.2 Å². The predicted molar refractivity (Wildman–Crippen MR) is 68.1 cm³/mol. The first-order valence-electron chi connectivity index (χ1n) is 6.17. The Balaban J connectivity index is 2.76. The summed E-state index contributed by atoms with van der Waals surface area (Å²) in [6.45, 7) is 5.89. The van der Waals surface area contributed by atoms with Crippen LogP contribution in [0.25, 0.3) is 0 Å². The minimum atomic E-state index is -0.842. The van der Waals surface area contributed by atoms with Crippen LogP contribution in [0.5, 0.6) is 5.75 Å². The molecular weight excluding hydrogens is 216 g/mol. The van der Waals surface area contributed by atoms with Crippen molar-refractivity contribution < 1.29 is 14.9 Å². The second kappa shape index (κ2) is 6.62. The van der Waals surface area contributed by atoms with Crippen molar-refractivity contribution in [3.8, 4) is 5.75 Å². The van der Waals surface area contributed by atoms with E-state index in [1.807, 2.05) is 32.9 Å². The average Bonchev–Trinajstić information content (AvgIpc) is 2.28. The number of hydrogen-bond donors (Lipinski definition) is 2. The standard InChI is InChI=1S/C14H22O3/c1-4-6-13(15)14(16)11-7-5-8-12(9-11)17-10(2)3/h5,7-10,13-16H,4,6H2,1-3H3. The highest BCUT2D eigenvalue weighted by molar-refractivity contribution is 5.30. The fraction of sp³-hybridized carbons (Fsp3) is 0.571. The molecule has 2 N–H and O–H groups in total. The minimum absolute atomic E-state index is 0.1000. The smallest absolute Gasteiger partial charge is 0.120 e. The van der Waals surface area contributed by atoms with Crippen molar-refractivity contribution in [2.45, 2.75) is 51.9 Å². The molecule has 0 aliphatic heterocycles. The summed E-state index contributed by atoms with van der Waals surface area (Å²) < 4.78 is 5.55. The predicted octanol–water partition coefficient (Wildman–Crippen LogP) is 2.67. The van der Waals surface area contributed by atoms with Gasteiger partial charge in [0.15, 0.2) is 0 Å². The molecule has 0 aliphatic rings. The molecule has 1 aromatic rings. The van der Waals surface area contributed by atoms with Gasteiger partial charge in [0.1, 0.15) is 11.9 Å². The van der Waals surface area contributed by atoms with Crippen molar-refractivity contribution in [1.29, 1.82) is 0 Å². The first-order valence-corrected chi connectivity index (χ1v) is 6.17. The second-order valence-corrected chi connectivity index (χ2v) is 4.54. The molecular formula is C14H22O3. The van der Waals surface area contributed by atoms with Gasteiger partial charge in [-0.15, -0.1) is 0 Å². The Kier molecular flexibility index (Phi) is 5.45. The van der Waals surface area contributed by atoms with E-state index < -0.39 is 12.2 Å². The second-order valence-electron chi connectivity index (χ2n) is 4.54. The maximum atomic E-state index is 9.97. The third kappa shape index (κ3) is 4.36. The molecule has 3 nitrogen and oxygen atoms in total. The first kappa shape index (κ1) is 14.0. The molecule has 2 atom stereocenters. The molecule has 0 saturated carbocycles. The van der Waals surface area contributed by atoms with E-state index in [2.05, 4.69) is 0 Å². The molecule has 1 rings (SSSR count). The normalized spacial score (nSPS) is 14.7. The minimum Gasteiger partial charge on any atom is -0.491 e. The van der Waals surface area contributed by atoms with Gasteiger partial charge in [0.05, 0.1) is 12.2 Å². The fourth-order valence-electron chi connectivity index (χ4n) is 1.72. The number of aliphatic hydroxyl groups is 2. The molecule has 0 saturated heterocycles. The van der Waals surface area contributed by atoms with E-state index in [-0.39, 0.29) is 6.10 Å². The molecule has 0 aliphatic carbocycles. The van der Waals surface area contributed by atoms with Gasteiger partial charge in [-0.25, -0.2) is 0 Å². The van der Waals surface area contributed by atoms with Crippen LogP contribution in [-0.4, -0.2) is 22.4 Å². The summed E-state index contributed by atoms with van der Waals surface area (Å²) in [5.41, 5.74) is 0.698. The van der Waals surface area contributed by atoms with Gasteiger partial charge in [-0.3, -0.25) is 0 Å². The maximum Gasteiger partial charge on any atom is 0.120 e. The molecule has 0 bridgehead atoms. The SMILES string of the molecule is CCCC(O)C(O)c1cccc(OC(C)C)c1. The molecule has 0 heterocycles. The van der Waals surface area contributed by atoms with Crippen LogP contribution in [0.3, 0.4) is 0 Å². The van der Waals surface area contributed by atoms with Crippen LogP contribution in [0.15, 0.2) is 24.3 Å². The van der Waals surface area contributed by atoms with Gasteiger partial charge in [0, 0.05) is 0 Å². The van der Waals surface area contributed by atoms with Crippen molar-refractivity contribution >= 4 is 0 Å². The number of benzene rings is 1. The first-order chi connectivity index (χ1) is 8.04. The molecule has 0 aromatic heterocycles. The monoisotopic (exact) mass is 238 g/mol. The quantitative estimate of drug-likeness (QED) is 0.801. The highest BCUT2D eigenvalue weighted by Gasteiger charge is 2.17. The summed E-state index contributed by atoms with van der Waals surface area (Å²) >= 11 is 0. The van der Waals surface area contributed by atoms with Crippen LogP contribution in [0.1, 0.15) is 45.3 Å². The molecule has 0 radical (unpaired) electrons. The summed E-state index contributed by atoms with van der Waals surface area (Å²) in [6.07, 6.45) is -0.0143. The van der Waals surface area contributed by atoms with E-state index in [0.29, 0.717) is 12.0 Å². The van der Waals surface area contributed by atoms with Gasteiger partial charge in [-0.1, -0.05) is 25.5 Å². The van der Waals surface area contributed by atoms with E-state index in [4.69, 9.17) is 4.74 Å². The summed E-state index contributed by atoms with van der Waals surface area (Å²) in [4.78, 5) is 0. The van der Waals surface area contributed by atoms with Crippen LogP contribution < -0.4 is 4.74 Å². The highest BCUT2D eigenvalue weighted by atomic mass is 16.5. The third-order valence-corrected chi connectivity index (χ3v) is 2.52. The number of hydrogen-bond acceptors (Lipinski definition) is 3. The van der Waals surface area contributed by atoms with Crippen LogP contribution >= 0.6 is 0 Å². The zero-order chi connectivity index (χ0) is 12.8. The lowest BCUT2D eigenvalue weighted by atomic mass is 10.0. The maximum absolute atomic E-state index is 9.97. The molecule has 0 amide bonds. The summed E-state index contributed by atoms with van der Waals surface area (Å²) in [6, 6.07) is 7.26. The molecule has 3 heteroatoms. The molecule has 96 valence electrons. The highest BCUT2D eigenvalue weighted by Crippen LogP contribution is 2.24. The largest absolute Gasteiger partial charge is 0.491 e. The molecule has 17 heavy (non-hydrogen) atoms. The van der Waals surface area contributed by atoms with E-state index in [0.717, 1.165) is 12.2 Å². The Labute approximate surface area is 103 Å². The van der Waals surface area contributed by atoms with Gasteiger partial charge < -0.3 is 14.9 Å². The van der Waals surface area contributed by atoms with Crippen LogP contribution in [0.4, 0.5) is 0 Å². The Morgan fingerprint density at radius 1 is 1.24 bits per heavy atom. The van der Waals surface area contributed by atoms with Crippen LogP contribution in [-0.2, 0) is 0 Å². The summed E-state index contributed by atoms with van der Waals surface area (Å²) in [5.74, 6) is 0.722. The Hall–Kier alpha value is -1.06. The summed E-state index contributed by atoms with van der Waals surface area (Å²) in [7, 11) is 0. The zero-order valence-corrected chi connectivity index (χ0v) is 10.8. The van der Waals surface area contributed by atoms with Gasteiger partial charge >= 0.3 is 0 Å². The van der Waals surface area contributed by atoms with Crippen molar-refractivity contribution in [3.05, 3.63) is 29.8 Å². The van der Waals surface area contributed by atoms with Crippen LogP contribution in [0, 0.1) is 0 Å². The lowest BCUT2D eigenvalue weighted by Crippen LogP contribution is -2.18. The molecule has 2 unspecified atom stereocenters. The van der Waals surface area contributed by atoms with Crippen molar-refractivity contribution in [2.24, 2.45) is 0 Å². The van der Waals surface area contributed by atoms with Crippen molar-refractivity contribution in [3.63, 3.8) is 0 Å². The van der Waals surface area contributed by atoms with Crippen LogP contribution in [0.2, 0.25) is 0 Å². The Bertz CT molecular complexity index is 336. The number of rotatable bonds is 6. The average molecular weight is 238 g/mol. The van der Waals surface area contributed by atoms with E-state index in [1.165, 1.54) is 0 Å². The molecule has 0 fully saturated rings. The van der Waals surface area contributed by atoms with Gasteiger partial charge in [-0.05, 0) is 38.0 Å². The summed E-state index contributed by atoms with van der Waals surface area (Å²) in [5, 5.41) is 19.7. The molecule has 1 aromatic carbocycles. The third-order valence-electron chi connectivity index (χ3n) is 2.52. The lowest BCUT2D eigenvalue weighted by molar-refractivity contribution is 0.0129. The lowest BCUT2D eigenvalue weighted by Gasteiger charge is -2.18. The van der Waals surface area contributed by atoms with Crippen molar-refractivity contribution in [1.82, 2.24) is 0 Å². The number of ether oxygens (including phenoxy) is 1. The Morgan fingerprint density at radius 3 is 2.53 bits per heavy atom. The topological polar surface area (TPSA) is 49.7 Å². The van der Waals surface area contributed by atoms with E-state index >= 15 is 0 Å². The van der Waals surface area contributed by atoms with E-state index in [1.54, 1.807) is 12.1 Å². The van der Waals surface area contributed by atoms with Gasteiger partial charge in [-0.2, -0.15) is 0 Å². The van der Waals surface area contributed by atoms with Gasteiger partial charge in [0.25, 0.3) is 0 Å². The zero-order valence-electron chi connectivity index (χ0n) is 10.8. The van der Waals surface area contributed by atoms with Gasteiger partial charge in [0.2, 0.25) is 0 Å². The Morgan fingerprint density at radius 2 is 1.94 bits per heavy atom.